The number of carbonyl (C=O) groups is 1. The summed E-state index contributed by atoms with van der Waals surface area (Å²) in [5.41, 5.74) is 2.23. The molecule has 0 bridgehead atoms. The molecule has 3 nitrogen and oxygen atoms in total. The predicted molar refractivity (Wildman–Crippen MR) is 87.0 cm³/mol. The van der Waals surface area contributed by atoms with Crippen molar-refractivity contribution >= 4 is 5.91 Å². The first-order valence-corrected chi connectivity index (χ1v) is 7.99. The normalized spacial score (nSPS) is 14.2. The number of fused-ring (bicyclic) bond motifs is 1. The van der Waals surface area contributed by atoms with E-state index in [2.05, 4.69) is 0 Å². The number of carbonyl (C=O) groups excluding carboxylic acids is 1. The van der Waals surface area contributed by atoms with Gasteiger partial charge in [-0.25, -0.2) is 0 Å². The number of ether oxygens (including phenoxy) is 1. The van der Waals surface area contributed by atoms with Crippen LogP contribution in [-0.4, -0.2) is 17.4 Å². The Hall–Kier alpha value is -2.50. The summed E-state index contributed by atoms with van der Waals surface area (Å²) in [5, 5.41) is 0. The zero-order chi connectivity index (χ0) is 18.0. The van der Waals surface area contributed by atoms with Crippen LogP contribution in [-0.2, 0) is 30.5 Å². The van der Waals surface area contributed by atoms with Crippen LogP contribution in [0.4, 0.5) is 13.2 Å². The van der Waals surface area contributed by atoms with Gasteiger partial charge < -0.3 is 9.64 Å². The van der Waals surface area contributed by atoms with Crippen LogP contribution in [0.1, 0.15) is 29.2 Å². The number of amides is 1. The van der Waals surface area contributed by atoms with Gasteiger partial charge in [0.25, 0.3) is 0 Å². The fourth-order valence-corrected chi connectivity index (χ4v) is 2.85. The number of benzene rings is 2. The average Bonchev–Trinajstić information content (AvgIpc) is 2.58. The Kier molecular flexibility index (Phi) is 4.70. The van der Waals surface area contributed by atoms with E-state index in [1.54, 1.807) is 11.8 Å². The van der Waals surface area contributed by atoms with Crippen molar-refractivity contribution in [2.75, 3.05) is 6.54 Å². The molecule has 0 aliphatic carbocycles. The summed E-state index contributed by atoms with van der Waals surface area (Å²) in [7, 11) is 0. The van der Waals surface area contributed by atoms with Gasteiger partial charge in [0.15, 0.2) is 0 Å². The summed E-state index contributed by atoms with van der Waals surface area (Å²) < 4.78 is 43.4. The third-order valence-corrected chi connectivity index (χ3v) is 4.32. The van der Waals surface area contributed by atoms with E-state index >= 15 is 0 Å². The molecule has 0 saturated heterocycles. The molecule has 0 aromatic heterocycles. The second kappa shape index (κ2) is 6.78. The lowest BCUT2D eigenvalue weighted by Crippen LogP contribution is -2.34. The van der Waals surface area contributed by atoms with Crippen LogP contribution < -0.4 is 4.74 Å². The zero-order valence-electron chi connectivity index (χ0n) is 13.8. The van der Waals surface area contributed by atoms with Crippen LogP contribution in [0.3, 0.4) is 0 Å². The van der Waals surface area contributed by atoms with Crippen molar-refractivity contribution in [1.29, 1.82) is 0 Å². The van der Waals surface area contributed by atoms with E-state index in [9.17, 15) is 18.0 Å². The van der Waals surface area contributed by atoms with Gasteiger partial charge in [-0.1, -0.05) is 18.2 Å². The molecule has 25 heavy (non-hydrogen) atoms. The Morgan fingerprint density at radius 3 is 2.48 bits per heavy atom. The summed E-state index contributed by atoms with van der Waals surface area (Å²) in [4.78, 5) is 13.3. The molecule has 132 valence electrons. The first-order chi connectivity index (χ1) is 11.8. The molecule has 3 rings (SSSR count). The molecule has 2 aromatic carbocycles. The van der Waals surface area contributed by atoms with E-state index in [4.69, 9.17) is 4.74 Å². The molecule has 1 heterocycles. The number of hydrogen-bond acceptors (Lipinski definition) is 2. The number of alkyl halides is 3. The largest absolute Gasteiger partial charge is 0.489 e. The number of rotatable bonds is 3. The van der Waals surface area contributed by atoms with Crippen molar-refractivity contribution in [2.45, 2.75) is 32.7 Å². The van der Waals surface area contributed by atoms with Gasteiger partial charge in [-0.05, 0) is 47.4 Å². The SMILES string of the molecule is CC(=O)N1CCc2ccc(OCc3ccc(C(F)(F)F)cc3)cc2C1. The van der Waals surface area contributed by atoms with Gasteiger partial charge in [0.1, 0.15) is 12.4 Å². The molecule has 0 spiro atoms. The Bertz CT molecular complexity index is 769. The lowest BCUT2D eigenvalue weighted by molar-refractivity contribution is -0.137. The summed E-state index contributed by atoms with van der Waals surface area (Å²) >= 11 is 0. The fourth-order valence-electron chi connectivity index (χ4n) is 2.85. The molecule has 0 fully saturated rings. The standard InChI is InChI=1S/C19H18F3NO2/c1-13(24)23-9-8-15-4-7-18(10-16(15)11-23)25-12-14-2-5-17(6-3-14)19(20,21)22/h2-7,10H,8-9,11-12H2,1H3. The Labute approximate surface area is 144 Å². The van der Waals surface area contributed by atoms with E-state index in [-0.39, 0.29) is 12.5 Å². The summed E-state index contributed by atoms with van der Waals surface area (Å²) in [5.74, 6) is 0.686. The molecule has 0 atom stereocenters. The van der Waals surface area contributed by atoms with Gasteiger partial charge in [0.2, 0.25) is 5.91 Å². The molecule has 2 aromatic rings. The van der Waals surface area contributed by atoms with Crippen molar-refractivity contribution in [3.63, 3.8) is 0 Å². The molecule has 0 unspecified atom stereocenters. The highest BCUT2D eigenvalue weighted by Crippen LogP contribution is 2.29. The highest BCUT2D eigenvalue weighted by atomic mass is 19.4. The first kappa shape index (κ1) is 17.3. The van der Waals surface area contributed by atoms with E-state index in [1.807, 2.05) is 18.2 Å². The van der Waals surface area contributed by atoms with Crippen LogP contribution in [0, 0.1) is 0 Å². The van der Waals surface area contributed by atoms with Gasteiger partial charge in [0, 0.05) is 20.0 Å². The quantitative estimate of drug-likeness (QED) is 0.832. The van der Waals surface area contributed by atoms with Gasteiger partial charge in [-0.3, -0.25) is 4.79 Å². The van der Waals surface area contributed by atoms with Gasteiger partial charge >= 0.3 is 6.18 Å². The maximum Gasteiger partial charge on any atom is 0.416 e. The first-order valence-electron chi connectivity index (χ1n) is 7.99. The van der Waals surface area contributed by atoms with Crippen molar-refractivity contribution in [3.8, 4) is 5.75 Å². The molecule has 1 aliphatic heterocycles. The maximum absolute atomic E-state index is 12.6. The lowest BCUT2D eigenvalue weighted by atomic mass is 9.99. The minimum atomic E-state index is -4.33. The topological polar surface area (TPSA) is 29.5 Å². The predicted octanol–water partition coefficient (Wildman–Crippen LogP) is 4.19. The Balaban J connectivity index is 1.66. The highest BCUT2D eigenvalue weighted by molar-refractivity contribution is 5.73. The minimum Gasteiger partial charge on any atom is -0.489 e. The third-order valence-electron chi connectivity index (χ3n) is 4.32. The molecule has 0 saturated carbocycles. The molecule has 1 amide bonds. The van der Waals surface area contributed by atoms with Crippen LogP contribution >= 0.6 is 0 Å². The van der Waals surface area contributed by atoms with Crippen molar-refractivity contribution in [3.05, 3.63) is 64.7 Å². The summed E-state index contributed by atoms with van der Waals surface area (Å²) in [6.45, 7) is 3.01. The monoisotopic (exact) mass is 349 g/mol. The van der Waals surface area contributed by atoms with E-state index in [1.165, 1.54) is 17.7 Å². The summed E-state index contributed by atoms with van der Waals surface area (Å²) in [6.07, 6.45) is -3.52. The van der Waals surface area contributed by atoms with Crippen molar-refractivity contribution in [2.24, 2.45) is 0 Å². The molecule has 1 aliphatic rings. The fraction of sp³-hybridized carbons (Fsp3) is 0.316. The van der Waals surface area contributed by atoms with E-state index in [0.29, 0.717) is 24.4 Å². The number of halogens is 3. The maximum atomic E-state index is 12.6. The molecular formula is C19H18F3NO2. The Morgan fingerprint density at radius 2 is 1.84 bits per heavy atom. The van der Waals surface area contributed by atoms with Crippen LogP contribution in [0.25, 0.3) is 0 Å². The van der Waals surface area contributed by atoms with Crippen molar-refractivity contribution < 1.29 is 22.7 Å². The van der Waals surface area contributed by atoms with Crippen LogP contribution in [0.2, 0.25) is 0 Å². The second-order valence-electron chi connectivity index (χ2n) is 6.10. The lowest BCUT2D eigenvalue weighted by Gasteiger charge is -2.28. The van der Waals surface area contributed by atoms with Crippen LogP contribution in [0.5, 0.6) is 5.75 Å². The summed E-state index contributed by atoms with van der Waals surface area (Å²) in [6, 6.07) is 10.7. The van der Waals surface area contributed by atoms with Gasteiger partial charge in [-0.15, -0.1) is 0 Å². The third kappa shape index (κ3) is 4.13. The number of nitrogens with zero attached hydrogens (tertiary/aromatic N) is 1. The molecule has 6 heteroatoms. The van der Waals surface area contributed by atoms with Gasteiger partial charge in [0.05, 0.1) is 5.56 Å². The molecular weight excluding hydrogens is 331 g/mol. The van der Waals surface area contributed by atoms with E-state index in [0.717, 1.165) is 24.1 Å². The van der Waals surface area contributed by atoms with E-state index < -0.39 is 11.7 Å². The smallest absolute Gasteiger partial charge is 0.416 e. The highest BCUT2D eigenvalue weighted by Gasteiger charge is 2.29. The Morgan fingerprint density at radius 1 is 1.12 bits per heavy atom. The molecule has 0 N–H and O–H groups in total. The zero-order valence-corrected chi connectivity index (χ0v) is 13.8. The van der Waals surface area contributed by atoms with Gasteiger partial charge in [-0.2, -0.15) is 13.2 Å². The van der Waals surface area contributed by atoms with Crippen molar-refractivity contribution in [1.82, 2.24) is 4.90 Å². The second-order valence-corrected chi connectivity index (χ2v) is 6.10. The number of hydrogen-bond donors (Lipinski definition) is 0. The van der Waals surface area contributed by atoms with Crippen LogP contribution in [0.15, 0.2) is 42.5 Å². The minimum absolute atomic E-state index is 0.0433. The average molecular weight is 349 g/mol. The molecule has 0 radical (unpaired) electrons.